The van der Waals surface area contributed by atoms with Crippen molar-refractivity contribution in [3.63, 3.8) is 0 Å². The van der Waals surface area contributed by atoms with Gasteiger partial charge in [0, 0.05) is 18.4 Å². The van der Waals surface area contributed by atoms with Gasteiger partial charge in [-0.25, -0.2) is 0 Å². The highest BCUT2D eigenvalue weighted by molar-refractivity contribution is 6.73. The number of rotatable bonds is 8. The lowest BCUT2D eigenvalue weighted by Gasteiger charge is -2.27. The number of para-hydroxylation sites is 1. The van der Waals surface area contributed by atoms with Crippen LogP contribution in [0.3, 0.4) is 0 Å². The van der Waals surface area contributed by atoms with E-state index in [1.165, 1.54) is 0 Å². The molecule has 0 bridgehead atoms. The lowest BCUT2D eigenvalue weighted by Crippen LogP contribution is -2.43. The number of benzene rings is 1. The fraction of sp³-hybridized carbons (Fsp3) is 0.429. The van der Waals surface area contributed by atoms with E-state index in [0.717, 1.165) is 10.9 Å². The highest BCUT2D eigenvalue weighted by atomic mass is 28.4. The van der Waals surface area contributed by atoms with E-state index in [0.29, 0.717) is 19.8 Å². The molecule has 0 aliphatic heterocycles. The predicted molar refractivity (Wildman–Crippen MR) is 75.9 cm³/mol. The van der Waals surface area contributed by atoms with Gasteiger partial charge in [0.2, 0.25) is 0 Å². The summed E-state index contributed by atoms with van der Waals surface area (Å²) >= 11 is 0. The fourth-order valence-electron chi connectivity index (χ4n) is 1.61. The molecule has 0 N–H and O–H groups in total. The van der Waals surface area contributed by atoms with E-state index in [9.17, 15) is 0 Å². The van der Waals surface area contributed by atoms with Gasteiger partial charge in [0.1, 0.15) is 12.4 Å². The monoisotopic (exact) mass is 266 g/mol. The van der Waals surface area contributed by atoms with E-state index in [2.05, 4.69) is 6.58 Å². The summed E-state index contributed by atoms with van der Waals surface area (Å²) in [6.45, 7) is 11.7. The Morgan fingerprint density at radius 3 is 2.17 bits per heavy atom. The van der Waals surface area contributed by atoms with Crippen molar-refractivity contribution in [1.29, 1.82) is 0 Å². The van der Waals surface area contributed by atoms with Crippen molar-refractivity contribution in [2.24, 2.45) is 0 Å². The summed E-state index contributed by atoms with van der Waals surface area (Å²) in [4.78, 5) is 0. The Morgan fingerprint density at radius 2 is 1.67 bits per heavy atom. The van der Waals surface area contributed by atoms with Crippen molar-refractivity contribution in [3.05, 3.63) is 42.1 Å². The molecule has 0 saturated heterocycles. The minimum absolute atomic E-state index is 0.437. The van der Waals surface area contributed by atoms with Gasteiger partial charge in [-0.15, -0.1) is 0 Å². The highest BCUT2D eigenvalue weighted by Crippen LogP contribution is 2.18. The van der Waals surface area contributed by atoms with Gasteiger partial charge in [0.25, 0.3) is 0 Å². The largest absolute Gasteiger partial charge is 0.489 e. The van der Waals surface area contributed by atoms with Gasteiger partial charge < -0.3 is 13.6 Å². The molecule has 0 aliphatic carbocycles. The van der Waals surface area contributed by atoms with Crippen LogP contribution in [0.1, 0.15) is 13.8 Å². The summed E-state index contributed by atoms with van der Waals surface area (Å²) < 4.78 is 17.2. The summed E-state index contributed by atoms with van der Waals surface area (Å²) in [6.07, 6.45) is 0. The van der Waals surface area contributed by atoms with Crippen LogP contribution in [0.2, 0.25) is 6.55 Å². The molecule has 1 aromatic carbocycles. The number of hydrogen-bond acceptors (Lipinski definition) is 3. The summed E-state index contributed by atoms with van der Waals surface area (Å²) in [5.41, 5.74) is 0. The van der Waals surface area contributed by atoms with Crippen molar-refractivity contribution in [1.82, 2.24) is 0 Å². The summed E-state index contributed by atoms with van der Waals surface area (Å²) in [7, 11) is -2.33. The van der Waals surface area contributed by atoms with Crippen molar-refractivity contribution >= 4 is 8.56 Å². The molecule has 4 heteroatoms. The van der Waals surface area contributed by atoms with Crippen LogP contribution in [-0.2, 0) is 8.85 Å². The van der Waals surface area contributed by atoms with Crippen LogP contribution in [-0.4, -0.2) is 28.4 Å². The molecule has 0 aliphatic rings. The third kappa shape index (κ3) is 4.29. The van der Waals surface area contributed by atoms with Gasteiger partial charge in [-0.05, 0) is 32.5 Å². The zero-order valence-electron chi connectivity index (χ0n) is 11.4. The number of hydrogen-bond donors (Lipinski definition) is 0. The second-order valence-corrected chi connectivity index (χ2v) is 7.19. The van der Waals surface area contributed by atoms with Crippen LogP contribution in [0.5, 0.6) is 5.75 Å². The van der Waals surface area contributed by atoms with Gasteiger partial charge >= 0.3 is 8.56 Å². The van der Waals surface area contributed by atoms with E-state index < -0.39 is 8.56 Å². The second-order valence-electron chi connectivity index (χ2n) is 4.02. The topological polar surface area (TPSA) is 27.7 Å². The molecule has 100 valence electrons. The maximum Gasteiger partial charge on any atom is 0.367 e. The smallest absolute Gasteiger partial charge is 0.367 e. The Labute approximate surface area is 111 Å². The first-order valence-electron chi connectivity index (χ1n) is 6.26. The molecule has 0 amide bonds. The minimum atomic E-state index is -2.33. The van der Waals surface area contributed by atoms with E-state index in [4.69, 9.17) is 13.6 Å². The summed E-state index contributed by atoms with van der Waals surface area (Å²) in [6, 6.07) is 9.70. The maximum absolute atomic E-state index is 5.76. The first-order chi connectivity index (χ1) is 8.62. The standard InChI is InChI=1S/C14H22O3Si/c1-5-16-18(4,17-6-2)13(3)12-15-14-10-8-7-9-11-14/h7-11H,3,5-6,12H2,1-2,4H3. The van der Waals surface area contributed by atoms with Gasteiger partial charge in [-0.3, -0.25) is 0 Å². The predicted octanol–water partition coefficient (Wildman–Crippen LogP) is 3.31. The molecule has 0 heterocycles. The molecular formula is C14H22O3Si. The van der Waals surface area contributed by atoms with Gasteiger partial charge in [0.15, 0.2) is 0 Å². The second kappa shape index (κ2) is 7.36. The molecule has 0 unspecified atom stereocenters. The molecule has 1 aromatic rings. The SMILES string of the molecule is C=C(COc1ccccc1)[Si](C)(OCC)OCC. The molecule has 0 fully saturated rings. The van der Waals surface area contributed by atoms with Crippen LogP contribution in [0.15, 0.2) is 42.1 Å². The van der Waals surface area contributed by atoms with E-state index in [-0.39, 0.29) is 0 Å². The molecule has 0 saturated carbocycles. The Bertz CT molecular complexity index is 359. The molecule has 0 spiro atoms. The summed E-state index contributed by atoms with van der Waals surface area (Å²) in [5, 5.41) is 0.912. The third-order valence-electron chi connectivity index (χ3n) is 2.64. The Kier molecular flexibility index (Phi) is 6.11. The van der Waals surface area contributed by atoms with Gasteiger partial charge in [-0.1, -0.05) is 24.8 Å². The Balaban J connectivity index is 2.57. The zero-order chi connectivity index (χ0) is 13.4. The highest BCUT2D eigenvalue weighted by Gasteiger charge is 2.34. The summed E-state index contributed by atoms with van der Waals surface area (Å²) in [5.74, 6) is 0.836. The van der Waals surface area contributed by atoms with E-state index in [1.807, 2.05) is 50.7 Å². The molecule has 3 nitrogen and oxygen atoms in total. The molecule has 0 radical (unpaired) electrons. The fourth-order valence-corrected chi connectivity index (χ4v) is 3.54. The lowest BCUT2D eigenvalue weighted by molar-refractivity contribution is 0.193. The van der Waals surface area contributed by atoms with Crippen molar-refractivity contribution in [2.75, 3.05) is 19.8 Å². The van der Waals surface area contributed by atoms with E-state index >= 15 is 0 Å². The quantitative estimate of drug-likeness (QED) is 0.676. The van der Waals surface area contributed by atoms with Crippen LogP contribution < -0.4 is 4.74 Å². The van der Waals surface area contributed by atoms with Crippen molar-refractivity contribution < 1.29 is 13.6 Å². The van der Waals surface area contributed by atoms with Gasteiger partial charge in [-0.2, -0.15) is 0 Å². The third-order valence-corrected chi connectivity index (χ3v) is 5.75. The molecular weight excluding hydrogens is 244 g/mol. The molecule has 1 rings (SSSR count). The van der Waals surface area contributed by atoms with Crippen LogP contribution >= 0.6 is 0 Å². The van der Waals surface area contributed by atoms with E-state index in [1.54, 1.807) is 0 Å². The zero-order valence-corrected chi connectivity index (χ0v) is 12.4. The molecule has 0 aromatic heterocycles. The minimum Gasteiger partial charge on any atom is -0.489 e. The molecule has 18 heavy (non-hydrogen) atoms. The van der Waals surface area contributed by atoms with Crippen LogP contribution in [0.25, 0.3) is 0 Å². The molecule has 0 atom stereocenters. The van der Waals surface area contributed by atoms with Crippen LogP contribution in [0.4, 0.5) is 0 Å². The Morgan fingerprint density at radius 1 is 1.11 bits per heavy atom. The average Bonchev–Trinajstić information content (AvgIpc) is 2.37. The first kappa shape index (κ1) is 15.0. The first-order valence-corrected chi connectivity index (χ1v) is 8.58. The average molecular weight is 266 g/mol. The Hall–Kier alpha value is -1.10. The van der Waals surface area contributed by atoms with Crippen LogP contribution in [0, 0.1) is 0 Å². The normalized spacial score (nSPS) is 11.3. The van der Waals surface area contributed by atoms with Gasteiger partial charge in [0.05, 0.1) is 0 Å². The van der Waals surface area contributed by atoms with Crippen molar-refractivity contribution in [3.8, 4) is 5.75 Å². The number of ether oxygens (including phenoxy) is 1. The maximum atomic E-state index is 5.76. The van der Waals surface area contributed by atoms with Crippen molar-refractivity contribution in [2.45, 2.75) is 20.4 Å². The lowest BCUT2D eigenvalue weighted by atomic mass is 10.3.